The summed E-state index contributed by atoms with van der Waals surface area (Å²) in [6, 6.07) is 0. The quantitative estimate of drug-likeness (QED) is 0.531. The predicted octanol–water partition coefficient (Wildman–Crippen LogP) is 4.03. The second-order valence-corrected chi connectivity index (χ2v) is 8.39. The van der Waals surface area contributed by atoms with E-state index in [1.807, 2.05) is 0 Å². The van der Waals surface area contributed by atoms with Crippen molar-refractivity contribution in [2.24, 2.45) is 0 Å². The lowest BCUT2D eigenvalue weighted by Gasteiger charge is -2.26. The predicted molar refractivity (Wildman–Crippen MR) is 80.6 cm³/mol. The van der Waals surface area contributed by atoms with Crippen molar-refractivity contribution in [3.05, 3.63) is 0 Å². The largest absolute Gasteiger partial charge is 0.475 e. The Balaban J connectivity index is 4.52. The van der Waals surface area contributed by atoms with Gasteiger partial charge in [-0.1, -0.05) is 0 Å². The van der Waals surface area contributed by atoms with Crippen molar-refractivity contribution in [3.8, 4) is 0 Å². The molecular weight excluding hydrogens is 354 g/mol. The Morgan fingerprint density at radius 2 is 1.54 bits per heavy atom. The monoisotopic (exact) mass is 379 g/mol. The van der Waals surface area contributed by atoms with Crippen LogP contribution in [0.5, 0.6) is 0 Å². The highest BCUT2D eigenvalue weighted by molar-refractivity contribution is 7.48. The van der Waals surface area contributed by atoms with Crippen molar-refractivity contribution < 1.29 is 40.8 Å². The van der Waals surface area contributed by atoms with E-state index in [9.17, 15) is 22.5 Å². The van der Waals surface area contributed by atoms with Crippen LogP contribution in [0.2, 0.25) is 0 Å². The van der Waals surface area contributed by atoms with Crippen LogP contribution in [0.3, 0.4) is 0 Å². The van der Waals surface area contributed by atoms with Gasteiger partial charge >= 0.3 is 20.1 Å². The average molecular weight is 379 g/mol. The molecule has 24 heavy (non-hydrogen) atoms. The summed E-state index contributed by atoms with van der Waals surface area (Å²) in [6.45, 7) is 7.14. The van der Waals surface area contributed by atoms with E-state index >= 15 is 0 Å². The van der Waals surface area contributed by atoms with Gasteiger partial charge in [0, 0.05) is 6.54 Å². The van der Waals surface area contributed by atoms with Gasteiger partial charge < -0.3 is 10.1 Å². The molecule has 0 saturated heterocycles. The van der Waals surface area contributed by atoms with Gasteiger partial charge in [0.25, 0.3) is 0 Å². The third kappa shape index (κ3) is 13.6. The van der Waals surface area contributed by atoms with E-state index in [4.69, 9.17) is 13.8 Å². The number of carbonyl (C=O) groups is 1. The number of carbonyl (C=O) groups excluding carboxylic acids is 1. The SMILES string of the molecule is CC(C)(C)OC(=O)NCCOP(=O)(OCC(F)(F)F)OC(C)(C)C. The van der Waals surface area contributed by atoms with Crippen LogP contribution < -0.4 is 5.32 Å². The Morgan fingerprint density at radius 3 is 1.96 bits per heavy atom. The number of halogens is 3. The van der Waals surface area contributed by atoms with E-state index in [0.29, 0.717) is 0 Å². The Labute approximate surface area is 139 Å². The minimum absolute atomic E-state index is 0.151. The number of rotatable bonds is 7. The molecule has 1 atom stereocenters. The van der Waals surface area contributed by atoms with Crippen LogP contribution in [0, 0.1) is 0 Å². The normalized spacial score (nSPS) is 15.7. The van der Waals surface area contributed by atoms with E-state index in [0.717, 1.165) is 0 Å². The number of hydrogen-bond acceptors (Lipinski definition) is 6. The molecule has 0 saturated carbocycles. The van der Waals surface area contributed by atoms with Crippen LogP contribution in [-0.4, -0.2) is 43.2 Å². The van der Waals surface area contributed by atoms with Gasteiger partial charge in [0.15, 0.2) is 6.61 Å². The maximum atomic E-state index is 12.2. The number of ether oxygens (including phenoxy) is 1. The van der Waals surface area contributed by atoms with Crippen LogP contribution >= 0.6 is 7.82 Å². The molecule has 0 aromatic rings. The van der Waals surface area contributed by atoms with E-state index < -0.39 is 37.9 Å². The third-order valence-corrected chi connectivity index (χ3v) is 3.51. The van der Waals surface area contributed by atoms with Crippen LogP contribution in [0.25, 0.3) is 0 Å². The lowest BCUT2D eigenvalue weighted by atomic mass is 10.2. The molecule has 0 aromatic carbocycles. The van der Waals surface area contributed by atoms with Gasteiger partial charge in [-0.25, -0.2) is 9.36 Å². The van der Waals surface area contributed by atoms with Crippen molar-refractivity contribution >= 4 is 13.9 Å². The standard InChI is InChI=1S/C13H25F3NO6P/c1-11(2,3)22-10(18)17-7-8-20-24(19,23-12(4,5)6)21-9-13(14,15)16/h7-9H2,1-6H3,(H,17,18). The fourth-order valence-corrected chi connectivity index (χ4v) is 2.67. The van der Waals surface area contributed by atoms with Gasteiger partial charge in [-0.05, 0) is 41.5 Å². The molecule has 144 valence electrons. The molecular formula is C13H25F3NO6P. The van der Waals surface area contributed by atoms with Gasteiger partial charge in [0.1, 0.15) is 5.60 Å². The number of phosphoric ester groups is 1. The van der Waals surface area contributed by atoms with Gasteiger partial charge in [-0.15, -0.1) is 0 Å². The van der Waals surface area contributed by atoms with E-state index in [1.165, 1.54) is 20.8 Å². The zero-order chi connectivity index (χ0) is 19.2. The summed E-state index contributed by atoms with van der Waals surface area (Å²) < 4.78 is 68.0. The van der Waals surface area contributed by atoms with E-state index in [2.05, 4.69) is 9.84 Å². The minimum Gasteiger partial charge on any atom is -0.444 e. The second-order valence-electron chi connectivity index (χ2n) is 6.80. The van der Waals surface area contributed by atoms with Crippen molar-refractivity contribution in [1.29, 1.82) is 0 Å². The first kappa shape index (κ1) is 23.2. The topological polar surface area (TPSA) is 83.1 Å². The lowest BCUT2D eigenvalue weighted by molar-refractivity contribution is -0.159. The Hall–Kier alpha value is -0.830. The highest BCUT2D eigenvalue weighted by atomic mass is 31.2. The van der Waals surface area contributed by atoms with Gasteiger partial charge in [0.05, 0.1) is 12.2 Å². The Morgan fingerprint density at radius 1 is 1.00 bits per heavy atom. The summed E-state index contributed by atoms with van der Waals surface area (Å²) in [4.78, 5) is 11.4. The molecule has 0 rings (SSSR count). The van der Waals surface area contributed by atoms with Gasteiger partial charge in [0.2, 0.25) is 0 Å². The van der Waals surface area contributed by atoms with Crippen LogP contribution in [0.15, 0.2) is 0 Å². The molecule has 0 radical (unpaired) electrons. The average Bonchev–Trinajstić information content (AvgIpc) is 2.27. The second kappa shape index (κ2) is 8.51. The zero-order valence-corrected chi connectivity index (χ0v) is 15.5. The van der Waals surface area contributed by atoms with E-state index in [1.54, 1.807) is 20.8 Å². The number of phosphoric acid groups is 1. The van der Waals surface area contributed by atoms with Crippen molar-refractivity contribution in [3.63, 3.8) is 0 Å². The number of alkyl halides is 3. The minimum atomic E-state index is -4.69. The molecule has 0 spiro atoms. The van der Waals surface area contributed by atoms with Gasteiger partial charge in [-0.2, -0.15) is 13.2 Å². The molecule has 0 aliphatic heterocycles. The van der Waals surface area contributed by atoms with Gasteiger partial charge in [-0.3, -0.25) is 13.6 Å². The first-order chi connectivity index (χ1) is 10.5. The molecule has 7 nitrogen and oxygen atoms in total. The molecule has 0 aromatic heterocycles. The summed E-state index contributed by atoms with van der Waals surface area (Å²) in [5.74, 6) is 0. The fourth-order valence-electron chi connectivity index (χ4n) is 1.20. The first-order valence-electron chi connectivity index (χ1n) is 7.15. The molecule has 1 N–H and O–H groups in total. The summed E-state index contributed by atoms with van der Waals surface area (Å²) in [5.41, 5.74) is -1.76. The summed E-state index contributed by atoms with van der Waals surface area (Å²) in [5, 5.41) is 2.31. The smallest absolute Gasteiger partial charge is 0.444 e. The Bertz CT molecular complexity index is 456. The van der Waals surface area contributed by atoms with Crippen LogP contribution in [0.1, 0.15) is 41.5 Å². The number of alkyl carbamates (subject to hydrolysis) is 1. The van der Waals surface area contributed by atoms with Crippen molar-refractivity contribution in [2.75, 3.05) is 19.8 Å². The Kier molecular flexibility index (Phi) is 8.22. The fraction of sp³-hybridized carbons (Fsp3) is 0.923. The first-order valence-corrected chi connectivity index (χ1v) is 8.61. The molecule has 11 heteroatoms. The number of nitrogens with one attached hydrogen (secondary N) is 1. The maximum absolute atomic E-state index is 12.2. The summed E-state index contributed by atoms with van der Waals surface area (Å²) in [6.07, 6.45) is -5.43. The zero-order valence-electron chi connectivity index (χ0n) is 14.7. The molecule has 0 heterocycles. The highest BCUT2D eigenvalue weighted by Crippen LogP contribution is 2.53. The third-order valence-electron chi connectivity index (χ3n) is 1.79. The number of hydrogen-bond donors (Lipinski definition) is 1. The molecule has 0 bridgehead atoms. The molecule has 1 amide bonds. The number of amides is 1. The maximum Gasteiger partial charge on any atom is 0.475 e. The summed E-state index contributed by atoms with van der Waals surface area (Å²) >= 11 is 0. The van der Waals surface area contributed by atoms with Crippen LogP contribution in [-0.2, 0) is 22.9 Å². The molecule has 1 unspecified atom stereocenters. The molecule has 0 fully saturated rings. The van der Waals surface area contributed by atoms with Crippen molar-refractivity contribution in [2.45, 2.75) is 58.9 Å². The van der Waals surface area contributed by atoms with Crippen molar-refractivity contribution in [1.82, 2.24) is 5.32 Å². The van der Waals surface area contributed by atoms with Crippen LogP contribution in [0.4, 0.5) is 18.0 Å². The molecule has 0 aliphatic rings. The lowest BCUT2D eigenvalue weighted by Crippen LogP contribution is -2.34. The summed E-state index contributed by atoms with van der Waals surface area (Å²) in [7, 11) is -4.45. The van der Waals surface area contributed by atoms with E-state index in [-0.39, 0.29) is 13.2 Å². The highest BCUT2D eigenvalue weighted by Gasteiger charge is 2.38. The molecule has 0 aliphatic carbocycles.